The van der Waals surface area contributed by atoms with Crippen LogP contribution in [0.1, 0.15) is 12.7 Å². The first-order chi connectivity index (χ1) is 14.6. The van der Waals surface area contributed by atoms with Gasteiger partial charge in [-0.1, -0.05) is 18.2 Å². The fraction of sp³-hybridized carbons (Fsp3) is 0.143. The molecule has 2 aromatic carbocycles. The molecule has 4 rings (SSSR count). The van der Waals surface area contributed by atoms with Gasteiger partial charge in [0.15, 0.2) is 5.76 Å². The van der Waals surface area contributed by atoms with Crippen LogP contribution in [-0.2, 0) is 0 Å². The summed E-state index contributed by atoms with van der Waals surface area (Å²) in [6, 6.07) is 14.9. The molecule has 0 unspecified atom stereocenters. The van der Waals surface area contributed by atoms with Crippen molar-refractivity contribution in [1.82, 2.24) is 4.68 Å². The van der Waals surface area contributed by atoms with E-state index in [0.29, 0.717) is 12.3 Å². The Balaban J connectivity index is 1.77. The SMILES string of the molecule is CCN=c1scc(-c2ccc3cc(OC)ccc3c2)n1N=Cc1ccc([N+](=O)[O-])o1. The molecule has 0 amide bonds. The molecule has 0 aliphatic rings. The highest BCUT2D eigenvalue weighted by atomic mass is 32.1. The molecular formula is C21H18N4O4S. The zero-order valence-electron chi connectivity index (χ0n) is 16.3. The Hall–Kier alpha value is -3.72. The molecule has 0 aliphatic heterocycles. The maximum absolute atomic E-state index is 10.8. The van der Waals surface area contributed by atoms with E-state index < -0.39 is 4.92 Å². The summed E-state index contributed by atoms with van der Waals surface area (Å²) in [5.74, 6) is 0.775. The van der Waals surface area contributed by atoms with Crippen molar-refractivity contribution in [3.63, 3.8) is 0 Å². The maximum Gasteiger partial charge on any atom is 0.433 e. The van der Waals surface area contributed by atoms with Gasteiger partial charge in [0, 0.05) is 17.5 Å². The number of rotatable bonds is 6. The van der Waals surface area contributed by atoms with E-state index in [9.17, 15) is 10.1 Å². The van der Waals surface area contributed by atoms with Crippen molar-refractivity contribution in [1.29, 1.82) is 0 Å². The lowest BCUT2D eigenvalue weighted by molar-refractivity contribution is -0.402. The molecular weight excluding hydrogens is 404 g/mol. The molecule has 0 N–H and O–H groups in total. The Kier molecular flexibility index (Phi) is 5.44. The molecule has 0 bridgehead atoms. The molecule has 0 spiro atoms. The molecule has 0 saturated carbocycles. The van der Waals surface area contributed by atoms with Crippen molar-refractivity contribution < 1.29 is 14.1 Å². The molecule has 9 heteroatoms. The average Bonchev–Trinajstić information content (AvgIpc) is 3.39. The van der Waals surface area contributed by atoms with Gasteiger partial charge < -0.3 is 9.15 Å². The van der Waals surface area contributed by atoms with Gasteiger partial charge in [-0.3, -0.25) is 15.1 Å². The monoisotopic (exact) mass is 422 g/mol. The Morgan fingerprint density at radius 1 is 1.20 bits per heavy atom. The van der Waals surface area contributed by atoms with Crippen LogP contribution in [0, 0.1) is 10.1 Å². The molecule has 8 nitrogen and oxygen atoms in total. The van der Waals surface area contributed by atoms with Gasteiger partial charge in [-0.25, -0.2) is 4.68 Å². The first kappa shape index (κ1) is 19.6. The normalized spacial score (nSPS) is 12.1. The minimum atomic E-state index is -0.581. The number of hydrogen-bond donors (Lipinski definition) is 0. The first-order valence-electron chi connectivity index (χ1n) is 9.17. The van der Waals surface area contributed by atoms with Crippen molar-refractivity contribution in [3.8, 4) is 17.0 Å². The topological polar surface area (TPSA) is 95.2 Å². The molecule has 0 radical (unpaired) electrons. The summed E-state index contributed by atoms with van der Waals surface area (Å²) < 4.78 is 12.2. The first-order valence-corrected chi connectivity index (χ1v) is 10.0. The van der Waals surface area contributed by atoms with Crippen LogP contribution >= 0.6 is 11.3 Å². The van der Waals surface area contributed by atoms with Gasteiger partial charge in [-0.05, 0) is 42.0 Å². The molecule has 0 saturated heterocycles. The van der Waals surface area contributed by atoms with Gasteiger partial charge in [-0.15, -0.1) is 11.3 Å². The zero-order chi connectivity index (χ0) is 21.1. The second-order valence-corrected chi connectivity index (χ2v) is 7.13. The largest absolute Gasteiger partial charge is 0.497 e. The number of nitrogens with zero attached hydrogens (tertiary/aromatic N) is 4. The molecule has 0 fully saturated rings. The second kappa shape index (κ2) is 8.34. The lowest BCUT2D eigenvalue weighted by Gasteiger charge is -2.07. The van der Waals surface area contributed by atoms with E-state index in [2.05, 4.69) is 16.2 Å². The fourth-order valence-corrected chi connectivity index (χ4v) is 3.89. The van der Waals surface area contributed by atoms with Crippen LogP contribution in [0.25, 0.3) is 22.0 Å². The van der Waals surface area contributed by atoms with Gasteiger partial charge in [0.05, 0.1) is 25.1 Å². The number of methoxy groups -OCH3 is 1. The predicted molar refractivity (Wildman–Crippen MR) is 116 cm³/mol. The maximum atomic E-state index is 10.8. The van der Waals surface area contributed by atoms with E-state index >= 15 is 0 Å². The Labute approximate surface area is 175 Å². The number of hydrogen-bond acceptors (Lipinski definition) is 7. The smallest absolute Gasteiger partial charge is 0.433 e. The molecule has 152 valence electrons. The van der Waals surface area contributed by atoms with Gasteiger partial charge in [0.25, 0.3) is 0 Å². The summed E-state index contributed by atoms with van der Waals surface area (Å²) in [5, 5.41) is 19.4. The average molecular weight is 422 g/mol. The Bertz CT molecular complexity index is 1320. The molecule has 0 aliphatic carbocycles. The molecule has 30 heavy (non-hydrogen) atoms. The highest BCUT2D eigenvalue weighted by Crippen LogP contribution is 2.27. The summed E-state index contributed by atoms with van der Waals surface area (Å²) in [4.78, 5) is 15.5. The fourth-order valence-electron chi connectivity index (χ4n) is 2.99. The van der Waals surface area contributed by atoms with E-state index in [1.54, 1.807) is 11.8 Å². The summed E-state index contributed by atoms with van der Waals surface area (Å²) in [6.07, 6.45) is 1.45. The third kappa shape index (κ3) is 3.87. The minimum Gasteiger partial charge on any atom is -0.497 e. The van der Waals surface area contributed by atoms with Crippen LogP contribution in [0.2, 0.25) is 0 Å². The molecule has 0 atom stereocenters. The number of benzene rings is 2. The lowest BCUT2D eigenvalue weighted by atomic mass is 10.1. The van der Waals surface area contributed by atoms with Crippen LogP contribution in [0.15, 0.2) is 68.4 Å². The van der Waals surface area contributed by atoms with E-state index in [1.165, 1.54) is 29.7 Å². The van der Waals surface area contributed by atoms with Crippen LogP contribution in [0.5, 0.6) is 5.75 Å². The summed E-state index contributed by atoms with van der Waals surface area (Å²) in [7, 11) is 1.65. The second-order valence-electron chi connectivity index (χ2n) is 6.30. The van der Waals surface area contributed by atoms with Crippen LogP contribution in [-0.4, -0.2) is 29.5 Å². The highest BCUT2D eigenvalue weighted by Gasteiger charge is 2.12. The van der Waals surface area contributed by atoms with Gasteiger partial charge in [-0.2, -0.15) is 5.10 Å². The summed E-state index contributed by atoms with van der Waals surface area (Å²) in [5.41, 5.74) is 1.84. The van der Waals surface area contributed by atoms with Gasteiger partial charge in [0.1, 0.15) is 10.7 Å². The number of aromatic nitrogens is 1. The third-order valence-corrected chi connectivity index (χ3v) is 5.27. The quantitative estimate of drug-likeness (QED) is 0.256. The van der Waals surface area contributed by atoms with E-state index in [0.717, 1.165) is 32.6 Å². The van der Waals surface area contributed by atoms with Crippen LogP contribution in [0.3, 0.4) is 0 Å². The van der Waals surface area contributed by atoms with E-state index in [4.69, 9.17) is 9.15 Å². The van der Waals surface area contributed by atoms with Gasteiger partial charge >= 0.3 is 5.88 Å². The zero-order valence-corrected chi connectivity index (χ0v) is 17.1. The highest BCUT2D eigenvalue weighted by molar-refractivity contribution is 7.07. The molecule has 2 aromatic heterocycles. The van der Waals surface area contributed by atoms with Crippen molar-refractivity contribution in [2.24, 2.45) is 10.1 Å². The lowest BCUT2D eigenvalue weighted by Crippen LogP contribution is -2.12. The number of ether oxygens (including phenoxy) is 1. The number of fused-ring (bicyclic) bond motifs is 1. The number of nitro groups is 1. The Morgan fingerprint density at radius 2 is 2.00 bits per heavy atom. The van der Waals surface area contributed by atoms with Crippen LogP contribution in [0.4, 0.5) is 5.88 Å². The standard InChI is InChI=1S/C21H18N4O4S/c1-3-22-21-24(23-12-18-8-9-20(29-18)25(26)27)19(13-30-21)16-5-4-15-11-17(28-2)7-6-14(15)10-16/h4-13H,3H2,1-2H3. The molecule has 2 heterocycles. The predicted octanol–water partition coefficient (Wildman–Crippen LogP) is 4.68. The number of furan rings is 1. The summed E-state index contributed by atoms with van der Waals surface area (Å²) >= 11 is 1.48. The minimum absolute atomic E-state index is 0.291. The Morgan fingerprint density at radius 3 is 2.73 bits per heavy atom. The van der Waals surface area contributed by atoms with E-state index in [1.807, 2.05) is 42.6 Å². The van der Waals surface area contributed by atoms with Crippen molar-refractivity contribution in [3.05, 3.63) is 74.6 Å². The van der Waals surface area contributed by atoms with Crippen molar-refractivity contribution in [2.75, 3.05) is 13.7 Å². The summed E-state index contributed by atoms with van der Waals surface area (Å²) in [6.45, 7) is 2.56. The van der Waals surface area contributed by atoms with E-state index in [-0.39, 0.29) is 5.88 Å². The van der Waals surface area contributed by atoms with Gasteiger partial charge in [0.2, 0.25) is 4.80 Å². The number of thiazole rings is 1. The molecule has 4 aromatic rings. The van der Waals surface area contributed by atoms with Crippen LogP contribution < -0.4 is 9.54 Å². The van der Waals surface area contributed by atoms with Crippen molar-refractivity contribution in [2.45, 2.75) is 6.92 Å². The third-order valence-electron chi connectivity index (χ3n) is 4.41. The van der Waals surface area contributed by atoms with Crippen molar-refractivity contribution >= 4 is 34.2 Å².